The lowest BCUT2D eigenvalue weighted by atomic mass is 10.1. The van der Waals surface area contributed by atoms with E-state index in [2.05, 4.69) is 23.8 Å². The highest BCUT2D eigenvalue weighted by molar-refractivity contribution is 5.70. The number of hydrogen-bond donors (Lipinski definition) is 1. The van der Waals surface area contributed by atoms with Crippen LogP contribution in [0.2, 0.25) is 0 Å². The maximum Gasteiger partial charge on any atom is 0.308 e. The zero-order chi connectivity index (χ0) is 13.0. The quantitative estimate of drug-likeness (QED) is 0.845. The molecule has 0 aliphatic carbocycles. The number of rotatable bonds is 5. The van der Waals surface area contributed by atoms with Crippen molar-refractivity contribution >= 4 is 11.8 Å². The molecule has 0 saturated heterocycles. The van der Waals surface area contributed by atoms with Crippen molar-refractivity contribution in [1.29, 1.82) is 0 Å². The highest BCUT2D eigenvalue weighted by Crippen LogP contribution is 2.16. The lowest BCUT2D eigenvalue weighted by molar-refractivity contribution is -0.140. The fourth-order valence-electron chi connectivity index (χ4n) is 1.47. The van der Waals surface area contributed by atoms with Crippen LogP contribution in [0.5, 0.6) is 0 Å². The molecule has 0 aromatic carbocycles. The predicted octanol–water partition coefficient (Wildman–Crippen LogP) is 1.76. The Labute approximate surface area is 102 Å². The summed E-state index contributed by atoms with van der Waals surface area (Å²) < 4.78 is 0. The summed E-state index contributed by atoms with van der Waals surface area (Å²) in [6.07, 6.45) is 1.52. The number of aliphatic carboxylic acids is 1. The van der Waals surface area contributed by atoms with Gasteiger partial charge in [0.15, 0.2) is 0 Å². The third-order valence-corrected chi connectivity index (χ3v) is 2.63. The maximum absolute atomic E-state index is 10.8. The summed E-state index contributed by atoms with van der Waals surface area (Å²) in [6.45, 7) is 6.24. The zero-order valence-corrected chi connectivity index (χ0v) is 10.7. The van der Waals surface area contributed by atoms with Gasteiger partial charge in [-0.3, -0.25) is 4.79 Å². The molecule has 0 amide bonds. The zero-order valence-electron chi connectivity index (χ0n) is 10.7. The summed E-state index contributed by atoms with van der Waals surface area (Å²) in [5, 5.41) is 8.86. The Morgan fingerprint density at radius 2 is 2.06 bits per heavy atom. The smallest absolute Gasteiger partial charge is 0.308 e. The van der Waals surface area contributed by atoms with Crippen molar-refractivity contribution in [2.45, 2.75) is 26.7 Å². The van der Waals surface area contributed by atoms with Crippen molar-refractivity contribution in [1.82, 2.24) is 9.97 Å². The molecule has 1 aromatic rings. The van der Waals surface area contributed by atoms with Crippen molar-refractivity contribution in [3.05, 3.63) is 18.1 Å². The molecule has 1 aromatic heterocycles. The van der Waals surface area contributed by atoms with Crippen molar-refractivity contribution in [3.63, 3.8) is 0 Å². The van der Waals surface area contributed by atoms with Crippen LogP contribution in [0.3, 0.4) is 0 Å². The van der Waals surface area contributed by atoms with Gasteiger partial charge in [0.25, 0.3) is 0 Å². The third-order valence-electron chi connectivity index (χ3n) is 2.63. The molecule has 0 fully saturated rings. The van der Waals surface area contributed by atoms with Gasteiger partial charge in [0.1, 0.15) is 12.1 Å². The molecule has 0 aliphatic heterocycles. The molecule has 1 N–H and O–H groups in total. The van der Waals surface area contributed by atoms with Crippen LogP contribution in [0.25, 0.3) is 0 Å². The van der Waals surface area contributed by atoms with Gasteiger partial charge in [-0.15, -0.1) is 0 Å². The predicted molar refractivity (Wildman–Crippen MR) is 66.2 cm³/mol. The molecule has 0 aliphatic rings. The Morgan fingerprint density at radius 3 is 2.59 bits per heavy atom. The molecular formula is C12H19N3O2. The Hall–Kier alpha value is -1.65. The Balaban J connectivity index is 2.78. The van der Waals surface area contributed by atoms with E-state index < -0.39 is 11.9 Å². The lowest BCUT2D eigenvalue weighted by Gasteiger charge is -2.20. The van der Waals surface area contributed by atoms with Gasteiger partial charge in [-0.2, -0.15) is 0 Å². The number of nitrogens with zero attached hydrogens (tertiary/aromatic N) is 3. The van der Waals surface area contributed by atoms with Gasteiger partial charge < -0.3 is 10.0 Å². The molecule has 1 atom stereocenters. The number of anilines is 1. The summed E-state index contributed by atoms with van der Waals surface area (Å²) in [6, 6.07) is 1.90. The van der Waals surface area contributed by atoms with E-state index >= 15 is 0 Å². The third kappa shape index (κ3) is 3.69. The van der Waals surface area contributed by atoms with E-state index in [1.54, 1.807) is 6.92 Å². The van der Waals surface area contributed by atoms with Crippen LogP contribution >= 0.6 is 0 Å². The Kier molecular flexibility index (Phi) is 4.43. The second-order valence-corrected chi connectivity index (χ2v) is 4.58. The summed E-state index contributed by atoms with van der Waals surface area (Å²) in [5.74, 6) is -0.119. The minimum Gasteiger partial charge on any atom is -0.481 e. The minimum absolute atomic E-state index is 0.335. The summed E-state index contributed by atoms with van der Waals surface area (Å²) in [7, 11) is 1.84. The van der Waals surface area contributed by atoms with Crippen LogP contribution in [-0.4, -0.2) is 34.6 Å². The maximum atomic E-state index is 10.8. The van der Waals surface area contributed by atoms with Crippen LogP contribution < -0.4 is 4.90 Å². The van der Waals surface area contributed by atoms with Crippen molar-refractivity contribution in [2.75, 3.05) is 18.5 Å². The molecule has 0 spiro atoms. The SMILES string of the molecule is CC(CN(C)c1cc(C(C)C)ncn1)C(=O)O. The number of hydrogen-bond acceptors (Lipinski definition) is 4. The molecular weight excluding hydrogens is 218 g/mol. The standard InChI is InChI=1S/C12H19N3O2/c1-8(2)10-5-11(14-7-13-10)15(4)6-9(3)12(16)17/h5,7-9H,6H2,1-4H3,(H,16,17). The molecule has 0 radical (unpaired) electrons. The van der Waals surface area contributed by atoms with E-state index in [9.17, 15) is 4.79 Å². The van der Waals surface area contributed by atoms with Gasteiger partial charge in [0.05, 0.1) is 5.92 Å². The van der Waals surface area contributed by atoms with E-state index in [4.69, 9.17) is 5.11 Å². The van der Waals surface area contributed by atoms with Crippen LogP contribution in [0.1, 0.15) is 32.4 Å². The van der Waals surface area contributed by atoms with Gasteiger partial charge in [0.2, 0.25) is 0 Å². The highest BCUT2D eigenvalue weighted by Gasteiger charge is 2.15. The topological polar surface area (TPSA) is 66.3 Å². The second kappa shape index (κ2) is 5.61. The first-order valence-corrected chi connectivity index (χ1v) is 5.67. The van der Waals surface area contributed by atoms with Crippen LogP contribution in [0.15, 0.2) is 12.4 Å². The van der Waals surface area contributed by atoms with Crippen molar-refractivity contribution in [3.8, 4) is 0 Å². The molecule has 0 saturated carbocycles. The molecule has 5 heteroatoms. The molecule has 1 unspecified atom stereocenters. The molecule has 1 rings (SSSR count). The fourth-order valence-corrected chi connectivity index (χ4v) is 1.47. The van der Waals surface area contributed by atoms with Crippen LogP contribution in [0.4, 0.5) is 5.82 Å². The molecule has 1 heterocycles. The van der Waals surface area contributed by atoms with Crippen LogP contribution in [0, 0.1) is 5.92 Å². The van der Waals surface area contributed by atoms with E-state index in [1.807, 2.05) is 18.0 Å². The monoisotopic (exact) mass is 237 g/mol. The highest BCUT2D eigenvalue weighted by atomic mass is 16.4. The number of carboxylic acids is 1. The number of aromatic nitrogens is 2. The van der Waals surface area contributed by atoms with Gasteiger partial charge in [-0.1, -0.05) is 20.8 Å². The minimum atomic E-state index is -0.796. The average molecular weight is 237 g/mol. The Bertz CT molecular complexity index is 393. The van der Waals surface area contributed by atoms with Crippen LogP contribution in [-0.2, 0) is 4.79 Å². The average Bonchev–Trinajstić information content (AvgIpc) is 2.28. The van der Waals surface area contributed by atoms with Gasteiger partial charge in [0, 0.05) is 25.4 Å². The summed E-state index contributed by atoms with van der Waals surface area (Å²) in [4.78, 5) is 21.0. The normalized spacial score (nSPS) is 12.5. The van der Waals surface area contributed by atoms with Crippen molar-refractivity contribution < 1.29 is 9.90 Å². The molecule has 0 bridgehead atoms. The van der Waals surface area contributed by atoms with Crippen molar-refractivity contribution in [2.24, 2.45) is 5.92 Å². The molecule has 5 nitrogen and oxygen atoms in total. The largest absolute Gasteiger partial charge is 0.481 e. The summed E-state index contributed by atoms with van der Waals surface area (Å²) >= 11 is 0. The first kappa shape index (κ1) is 13.4. The van der Waals surface area contributed by atoms with Gasteiger partial charge >= 0.3 is 5.97 Å². The molecule has 17 heavy (non-hydrogen) atoms. The van der Waals surface area contributed by atoms with E-state index in [1.165, 1.54) is 6.33 Å². The molecule has 94 valence electrons. The number of carbonyl (C=O) groups is 1. The first-order valence-electron chi connectivity index (χ1n) is 5.67. The van der Waals surface area contributed by atoms with Gasteiger partial charge in [-0.05, 0) is 5.92 Å². The lowest BCUT2D eigenvalue weighted by Crippen LogP contribution is -2.29. The first-order chi connectivity index (χ1) is 7.91. The second-order valence-electron chi connectivity index (χ2n) is 4.58. The number of carboxylic acid groups (broad SMARTS) is 1. The Morgan fingerprint density at radius 1 is 1.41 bits per heavy atom. The van der Waals surface area contributed by atoms with E-state index in [-0.39, 0.29) is 0 Å². The fraction of sp³-hybridized carbons (Fsp3) is 0.583. The van der Waals surface area contributed by atoms with Gasteiger partial charge in [-0.25, -0.2) is 9.97 Å². The summed E-state index contributed by atoms with van der Waals surface area (Å²) in [5.41, 5.74) is 0.963. The van der Waals surface area contributed by atoms with E-state index in [0.717, 1.165) is 11.5 Å². The van der Waals surface area contributed by atoms with E-state index in [0.29, 0.717) is 12.5 Å².